The van der Waals surface area contributed by atoms with Crippen molar-refractivity contribution >= 4 is 0 Å². The van der Waals surface area contributed by atoms with Crippen LogP contribution in [0.5, 0.6) is 11.5 Å². The van der Waals surface area contributed by atoms with Crippen molar-refractivity contribution in [2.24, 2.45) is 0 Å². The largest absolute Gasteiger partial charge is 0.493 e. The van der Waals surface area contributed by atoms with Crippen molar-refractivity contribution < 1.29 is 19.1 Å². The van der Waals surface area contributed by atoms with E-state index in [0.717, 1.165) is 11.1 Å². The van der Waals surface area contributed by atoms with Gasteiger partial charge in [-0.1, -0.05) is 35.5 Å². The minimum Gasteiger partial charge on any atom is -0.493 e. The molecule has 0 saturated heterocycles. The van der Waals surface area contributed by atoms with Crippen molar-refractivity contribution in [2.45, 2.75) is 6.61 Å². The fourth-order valence-electron chi connectivity index (χ4n) is 2.48. The summed E-state index contributed by atoms with van der Waals surface area (Å²) in [6.45, 7) is -0.169. The molecule has 1 aromatic heterocycles. The SMILES string of the molecule is COc1ccc(-c2onc(-c3ccccc3)c2CO)cc1OC. The Hall–Kier alpha value is -2.79. The quantitative estimate of drug-likeness (QED) is 0.781. The van der Waals surface area contributed by atoms with E-state index in [9.17, 15) is 5.11 Å². The normalized spacial score (nSPS) is 10.6. The van der Waals surface area contributed by atoms with Gasteiger partial charge in [-0.2, -0.15) is 0 Å². The molecule has 0 aliphatic heterocycles. The maximum Gasteiger partial charge on any atom is 0.173 e. The van der Waals surface area contributed by atoms with Gasteiger partial charge in [0.05, 0.1) is 26.4 Å². The van der Waals surface area contributed by atoms with E-state index in [1.54, 1.807) is 26.4 Å². The van der Waals surface area contributed by atoms with Crippen LogP contribution >= 0.6 is 0 Å². The Balaban J connectivity index is 2.09. The van der Waals surface area contributed by atoms with E-state index < -0.39 is 0 Å². The second-order valence-corrected chi connectivity index (χ2v) is 4.93. The Bertz CT molecular complexity index is 796. The van der Waals surface area contributed by atoms with Crippen molar-refractivity contribution in [3.8, 4) is 34.1 Å². The van der Waals surface area contributed by atoms with Gasteiger partial charge >= 0.3 is 0 Å². The van der Waals surface area contributed by atoms with Crippen LogP contribution in [0, 0.1) is 0 Å². The third kappa shape index (κ3) is 2.78. The van der Waals surface area contributed by atoms with Crippen LogP contribution in [0.2, 0.25) is 0 Å². The monoisotopic (exact) mass is 311 g/mol. The Kier molecular flexibility index (Phi) is 4.30. The first-order chi connectivity index (χ1) is 11.3. The first kappa shape index (κ1) is 15.1. The minimum atomic E-state index is -0.169. The van der Waals surface area contributed by atoms with E-state index in [1.165, 1.54) is 0 Å². The zero-order valence-electron chi connectivity index (χ0n) is 12.9. The first-order valence-corrected chi connectivity index (χ1v) is 7.15. The summed E-state index contributed by atoms with van der Waals surface area (Å²) in [6, 6.07) is 15.0. The van der Waals surface area contributed by atoms with E-state index in [4.69, 9.17) is 14.0 Å². The minimum absolute atomic E-state index is 0.169. The molecule has 3 aromatic rings. The Morgan fingerprint density at radius 2 is 1.70 bits per heavy atom. The molecule has 5 heteroatoms. The molecule has 5 nitrogen and oxygen atoms in total. The third-order valence-electron chi connectivity index (χ3n) is 3.64. The van der Waals surface area contributed by atoms with Gasteiger partial charge in [-0.3, -0.25) is 0 Å². The van der Waals surface area contributed by atoms with Crippen LogP contribution in [-0.4, -0.2) is 24.5 Å². The summed E-state index contributed by atoms with van der Waals surface area (Å²) in [6.07, 6.45) is 0. The number of aliphatic hydroxyl groups is 1. The summed E-state index contributed by atoms with van der Waals surface area (Å²) in [5, 5.41) is 13.9. The Morgan fingerprint density at radius 1 is 0.957 bits per heavy atom. The van der Waals surface area contributed by atoms with E-state index in [2.05, 4.69) is 5.16 Å². The van der Waals surface area contributed by atoms with E-state index >= 15 is 0 Å². The summed E-state index contributed by atoms with van der Waals surface area (Å²) in [4.78, 5) is 0. The molecule has 3 rings (SSSR count). The molecular formula is C18H17NO4. The Labute approximate surface area is 134 Å². The van der Waals surface area contributed by atoms with Crippen LogP contribution in [0.4, 0.5) is 0 Å². The lowest BCUT2D eigenvalue weighted by Crippen LogP contribution is -1.92. The van der Waals surface area contributed by atoms with E-state index in [1.807, 2.05) is 36.4 Å². The maximum atomic E-state index is 9.78. The molecule has 1 N–H and O–H groups in total. The molecular weight excluding hydrogens is 294 g/mol. The van der Waals surface area contributed by atoms with Crippen LogP contribution < -0.4 is 9.47 Å². The van der Waals surface area contributed by atoms with Gasteiger partial charge in [-0.25, -0.2) is 0 Å². The van der Waals surface area contributed by atoms with Crippen LogP contribution in [0.3, 0.4) is 0 Å². The molecule has 0 atom stereocenters. The number of aromatic nitrogens is 1. The molecule has 0 aliphatic carbocycles. The van der Waals surface area contributed by atoms with Crippen LogP contribution in [0.1, 0.15) is 5.56 Å². The van der Waals surface area contributed by atoms with Gasteiger partial charge in [-0.15, -0.1) is 0 Å². The lowest BCUT2D eigenvalue weighted by atomic mass is 10.0. The number of nitrogens with zero attached hydrogens (tertiary/aromatic N) is 1. The average molecular weight is 311 g/mol. The number of hydrogen-bond acceptors (Lipinski definition) is 5. The molecule has 0 radical (unpaired) electrons. The number of ether oxygens (including phenoxy) is 2. The highest BCUT2D eigenvalue weighted by Gasteiger charge is 2.19. The molecule has 0 aliphatic rings. The summed E-state index contributed by atoms with van der Waals surface area (Å²) in [7, 11) is 3.16. The fraction of sp³-hybridized carbons (Fsp3) is 0.167. The standard InChI is InChI=1S/C18H17NO4/c1-21-15-9-8-13(10-16(15)22-2)18-14(11-20)17(19-23-18)12-6-4-3-5-7-12/h3-10,20H,11H2,1-2H3. The number of rotatable bonds is 5. The van der Waals surface area contributed by atoms with E-state index in [0.29, 0.717) is 28.5 Å². The van der Waals surface area contributed by atoms with Crippen molar-refractivity contribution in [3.05, 3.63) is 54.1 Å². The highest BCUT2D eigenvalue weighted by molar-refractivity contribution is 5.73. The molecule has 118 valence electrons. The summed E-state index contributed by atoms with van der Waals surface area (Å²) >= 11 is 0. The second kappa shape index (κ2) is 6.54. The van der Waals surface area contributed by atoms with Gasteiger partial charge < -0.3 is 19.1 Å². The van der Waals surface area contributed by atoms with Crippen LogP contribution in [-0.2, 0) is 6.61 Å². The predicted molar refractivity (Wildman–Crippen MR) is 86.4 cm³/mol. The highest BCUT2D eigenvalue weighted by Crippen LogP contribution is 2.36. The number of aliphatic hydroxyl groups excluding tert-OH is 1. The highest BCUT2D eigenvalue weighted by atomic mass is 16.5. The molecule has 0 spiro atoms. The zero-order valence-corrected chi connectivity index (χ0v) is 12.9. The van der Waals surface area contributed by atoms with Gasteiger partial charge in [0.25, 0.3) is 0 Å². The van der Waals surface area contributed by atoms with Crippen molar-refractivity contribution in [2.75, 3.05) is 14.2 Å². The lowest BCUT2D eigenvalue weighted by molar-refractivity contribution is 0.281. The van der Waals surface area contributed by atoms with Gasteiger partial charge in [0, 0.05) is 11.1 Å². The summed E-state index contributed by atoms with van der Waals surface area (Å²) in [5.74, 6) is 1.74. The first-order valence-electron chi connectivity index (χ1n) is 7.15. The molecule has 0 saturated carbocycles. The molecule has 1 heterocycles. The molecule has 0 fully saturated rings. The molecule has 0 unspecified atom stereocenters. The van der Waals surface area contributed by atoms with Crippen molar-refractivity contribution in [1.82, 2.24) is 5.16 Å². The van der Waals surface area contributed by atoms with Gasteiger partial charge in [0.1, 0.15) is 5.69 Å². The lowest BCUT2D eigenvalue weighted by Gasteiger charge is -2.08. The van der Waals surface area contributed by atoms with Crippen LogP contribution in [0.25, 0.3) is 22.6 Å². The second-order valence-electron chi connectivity index (χ2n) is 4.93. The van der Waals surface area contributed by atoms with Gasteiger partial charge in [0.15, 0.2) is 17.3 Å². The molecule has 23 heavy (non-hydrogen) atoms. The predicted octanol–water partition coefficient (Wildman–Crippen LogP) is 3.52. The summed E-state index contributed by atoms with van der Waals surface area (Å²) in [5.41, 5.74) is 2.94. The van der Waals surface area contributed by atoms with Crippen molar-refractivity contribution in [1.29, 1.82) is 0 Å². The van der Waals surface area contributed by atoms with E-state index in [-0.39, 0.29) is 6.61 Å². The van der Waals surface area contributed by atoms with Crippen molar-refractivity contribution in [3.63, 3.8) is 0 Å². The number of methoxy groups -OCH3 is 2. The average Bonchev–Trinajstić information content (AvgIpc) is 3.05. The zero-order chi connectivity index (χ0) is 16.2. The molecule has 0 amide bonds. The van der Waals surface area contributed by atoms with Gasteiger partial charge in [0.2, 0.25) is 0 Å². The third-order valence-corrected chi connectivity index (χ3v) is 3.64. The number of hydrogen-bond donors (Lipinski definition) is 1. The summed E-state index contributed by atoms with van der Waals surface area (Å²) < 4.78 is 16.0. The number of benzene rings is 2. The smallest absolute Gasteiger partial charge is 0.173 e. The molecule has 0 bridgehead atoms. The maximum absolute atomic E-state index is 9.78. The fourth-order valence-corrected chi connectivity index (χ4v) is 2.48. The van der Waals surface area contributed by atoms with Crippen LogP contribution in [0.15, 0.2) is 53.1 Å². The molecule has 2 aromatic carbocycles. The Morgan fingerprint density at radius 3 is 2.35 bits per heavy atom. The van der Waals surface area contributed by atoms with Gasteiger partial charge in [-0.05, 0) is 18.2 Å². The topological polar surface area (TPSA) is 64.7 Å².